The van der Waals surface area contributed by atoms with Gasteiger partial charge in [-0.15, -0.1) is 0 Å². The predicted octanol–water partition coefficient (Wildman–Crippen LogP) is 2.98. The third kappa shape index (κ3) is 4.23. The normalized spacial score (nSPS) is 22.4. The number of piperazine rings is 1. The first-order valence-electron chi connectivity index (χ1n) is 9.99. The molecule has 2 aromatic rings. The van der Waals surface area contributed by atoms with Crippen LogP contribution in [0.5, 0.6) is 0 Å². The van der Waals surface area contributed by atoms with Crippen LogP contribution < -0.4 is 15.5 Å². The van der Waals surface area contributed by atoms with Crippen molar-refractivity contribution < 1.29 is 9.59 Å². The lowest BCUT2D eigenvalue weighted by Gasteiger charge is -2.36. The van der Waals surface area contributed by atoms with Crippen molar-refractivity contribution in [3.63, 3.8) is 0 Å². The van der Waals surface area contributed by atoms with Gasteiger partial charge in [-0.3, -0.25) is 15.0 Å². The Morgan fingerprint density at radius 1 is 0.966 bits per heavy atom. The van der Waals surface area contributed by atoms with E-state index < -0.39 is 11.6 Å². The molecule has 2 N–H and O–H groups in total. The summed E-state index contributed by atoms with van der Waals surface area (Å²) in [6.07, 6.45) is 1.39. The van der Waals surface area contributed by atoms with Crippen LogP contribution in [0.2, 0.25) is 5.02 Å². The molecule has 29 heavy (non-hydrogen) atoms. The molecule has 0 saturated carbocycles. The van der Waals surface area contributed by atoms with Crippen molar-refractivity contribution in [2.75, 3.05) is 37.6 Å². The Balaban J connectivity index is 1.33. The minimum atomic E-state index is -0.971. The average Bonchev–Trinajstić information content (AvgIpc) is 3.03. The highest BCUT2D eigenvalue weighted by Gasteiger charge is 2.47. The van der Waals surface area contributed by atoms with E-state index in [0.717, 1.165) is 55.4 Å². The third-order valence-electron chi connectivity index (χ3n) is 5.78. The molecule has 0 bridgehead atoms. The highest BCUT2D eigenvalue weighted by Crippen LogP contribution is 2.30. The molecular formula is C22H25ClN4O2. The number of nitrogens with one attached hydrogen (secondary N) is 2. The summed E-state index contributed by atoms with van der Waals surface area (Å²) in [5, 5.41) is 6.03. The second-order valence-corrected chi connectivity index (χ2v) is 8.03. The fourth-order valence-corrected chi connectivity index (χ4v) is 4.39. The van der Waals surface area contributed by atoms with Gasteiger partial charge < -0.3 is 10.2 Å². The standard InChI is InChI=1S/C22H25ClN4O2/c23-18-8-4-9-19(16-18)27-14-12-26(13-15-27)11-5-10-22(17-6-2-1-3-7-17)20(28)24-21(29)25-22/h1-4,6-9,16H,5,10-15H2,(H2,24,25,28,29). The Labute approximate surface area is 175 Å². The summed E-state index contributed by atoms with van der Waals surface area (Å²) in [5.41, 5.74) is 1.01. The number of urea groups is 1. The Kier molecular flexibility index (Phi) is 5.74. The van der Waals surface area contributed by atoms with Crippen LogP contribution in [0.25, 0.3) is 0 Å². The van der Waals surface area contributed by atoms with Gasteiger partial charge in [-0.2, -0.15) is 0 Å². The van der Waals surface area contributed by atoms with Crippen LogP contribution in [0.3, 0.4) is 0 Å². The van der Waals surface area contributed by atoms with E-state index in [1.807, 2.05) is 48.5 Å². The van der Waals surface area contributed by atoms with Gasteiger partial charge in [0.05, 0.1) is 0 Å². The van der Waals surface area contributed by atoms with Gasteiger partial charge in [0.1, 0.15) is 5.54 Å². The summed E-state index contributed by atoms with van der Waals surface area (Å²) in [4.78, 5) is 29.2. The Hall–Kier alpha value is -2.57. The van der Waals surface area contributed by atoms with Gasteiger partial charge in [-0.25, -0.2) is 4.79 Å². The number of anilines is 1. The van der Waals surface area contributed by atoms with E-state index in [1.54, 1.807) is 0 Å². The molecule has 152 valence electrons. The smallest absolute Gasteiger partial charge is 0.322 e. The van der Waals surface area contributed by atoms with E-state index in [2.05, 4.69) is 26.5 Å². The van der Waals surface area contributed by atoms with E-state index in [9.17, 15) is 9.59 Å². The predicted molar refractivity (Wildman–Crippen MR) is 114 cm³/mol. The lowest BCUT2D eigenvalue weighted by atomic mass is 9.85. The number of rotatable bonds is 6. The molecule has 1 unspecified atom stereocenters. The molecule has 0 aliphatic carbocycles. The molecule has 3 amide bonds. The summed E-state index contributed by atoms with van der Waals surface area (Å²) < 4.78 is 0. The van der Waals surface area contributed by atoms with Gasteiger partial charge >= 0.3 is 6.03 Å². The topological polar surface area (TPSA) is 64.7 Å². The van der Waals surface area contributed by atoms with Crippen molar-refractivity contribution in [1.29, 1.82) is 0 Å². The van der Waals surface area contributed by atoms with Gasteiger partial charge in [-0.05, 0) is 43.1 Å². The van der Waals surface area contributed by atoms with Gasteiger partial charge in [0.15, 0.2) is 0 Å². The minimum Gasteiger partial charge on any atom is -0.369 e. The number of carbonyl (C=O) groups is 2. The van der Waals surface area contributed by atoms with E-state index in [0.29, 0.717) is 6.42 Å². The SMILES string of the molecule is O=C1NC(=O)C(CCCN2CCN(c3cccc(Cl)c3)CC2)(c2ccccc2)N1. The molecule has 4 rings (SSSR count). The number of nitrogens with zero attached hydrogens (tertiary/aromatic N) is 2. The first-order valence-corrected chi connectivity index (χ1v) is 10.4. The molecule has 2 fully saturated rings. The van der Waals surface area contributed by atoms with Crippen LogP contribution in [0.1, 0.15) is 18.4 Å². The third-order valence-corrected chi connectivity index (χ3v) is 6.02. The van der Waals surface area contributed by atoms with Gasteiger partial charge in [0, 0.05) is 36.9 Å². The van der Waals surface area contributed by atoms with Crippen molar-refractivity contribution in [3.05, 3.63) is 65.2 Å². The van der Waals surface area contributed by atoms with Crippen molar-refractivity contribution in [3.8, 4) is 0 Å². The fourth-order valence-electron chi connectivity index (χ4n) is 4.21. The van der Waals surface area contributed by atoms with Crippen LogP contribution in [0.4, 0.5) is 10.5 Å². The monoisotopic (exact) mass is 412 g/mol. The number of carbonyl (C=O) groups excluding carboxylic acids is 2. The van der Waals surface area contributed by atoms with Crippen molar-refractivity contribution in [1.82, 2.24) is 15.5 Å². The summed E-state index contributed by atoms with van der Waals surface area (Å²) in [6, 6.07) is 17.0. The van der Waals surface area contributed by atoms with Crippen molar-refractivity contribution in [2.45, 2.75) is 18.4 Å². The molecule has 0 spiro atoms. The van der Waals surface area contributed by atoms with Crippen LogP contribution in [-0.4, -0.2) is 49.6 Å². The summed E-state index contributed by atoms with van der Waals surface area (Å²) in [7, 11) is 0. The molecule has 2 aromatic carbocycles. The first kappa shape index (κ1) is 19.7. The van der Waals surface area contributed by atoms with E-state index in [1.165, 1.54) is 0 Å². The van der Waals surface area contributed by atoms with Gasteiger partial charge in [-0.1, -0.05) is 48.0 Å². The highest BCUT2D eigenvalue weighted by molar-refractivity contribution is 6.30. The van der Waals surface area contributed by atoms with E-state index in [4.69, 9.17) is 11.6 Å². The molecule has 0 radical (unpaired) electrons. The maximum absolute atomic E-state index is 12.6. The zero-order valence-electron chi connectivity index (χ0n) is 16.2. The number of amides is 3. The van der Waals surface area contributed by atoms with Crippen LogP contribution in [0.15, 0.2) is 54.6 Å². The summed E-state index contributed by atoms with van der Waals surface area (Å²) >= 11 is 6.11. The van der Waals surface area contributed by atoms with E-state index in [-0.39, 0.29) is 5.91 Å². The molecule has 2 aliphatic heterocycles. The quantitative estimate of drug-likeness (QED) is 0.716. The Morgan fingerprint density at radius 3 is 2.38 bits per heavy atom. The number of benzene rings is 2. The van der Waals surface area contributed by atoms with Crippen molar-refractivity contribution in [2.24, 2.45) is 0 Å². The lowest BCUT2D eigenvalue weighted by molar-refractivity contribution is -0.124. The van der Waals surface area contributed by atoms with Crippen LogP contribution in [0, 0.1) is 0 Å². The highest BCUT2D eigenvalue weighted by atomic mass is 35.5. The second-order valence-electron chi connectivity index (χ2n) is 7.59. The van der Waals surface area contributed by atoms with Crippen molar-refractivity contribution >= 4 is 29.2 Å². The number of imide groups is 1. The average molecular weight is 413 g/mol. The van der Waals surface area contributed by atoms with Gasteiger partial charge in [0.2, 0.25) is 0 Å². The number of hydrogen-bond donors (Lipinski definition) is 2. The molecule has 2 aliphatic rings. The van der Waals surface area contributed by atoms with E-state index >= 15 is 0 Å². The maximum Gasteiger partial charge on any atom is 0.322 e. The summed E-state index contributed by atoms with van der Waals surface area (Å²) in [5.74, 6) is -0.264. The zero-order chi connectivity index (χ0) is 20.3. The minimum absolute atomic E-state index is 0.264. The second kappa shape index (κ2) is 8.43. The zero-order valence-corrected chi connectivity index (χ0v) is 17.0. The molecule has 2 heterocycles. The van der Waals surface area contributed by atoms with Gasteiger partial charge in [0.25, 0.3) is 5.91 Å². The summed E-state index contributed by atoms with van der Waals surface area (Å²) in [6.45, 7) is 4.71. The number of hydrogen-bond acceptors (Lipinski definition) is 4. The Bertz CT molecular complexity index is 883. The lowest BCUT2D eigenvalue weighted by Crippen LogP contribution is -2.48. The van der Waals surface area contributed by atoms with Crippen LogP contribution >= 0.6 is 11.6 Å². The fraction of sp³-hybridized carbons (Fsp3) is 0.364. The van der Waals surface area contributed by atoms with Crippen LogP contribution in [-0.2, 0) is 10.3 Å². The molecule has 0 aromatic heterocycles. The first-order chi connectivity index (χ1) is 14.1. The molecule has 6 nitrogen and oxygen atoms in total. The number of halogens is 1. The Morgan fingerprint density at radius 2 is 1.72 bits per heavy atom. The molecule has 2 saturated heterocycles. The maximum atomic E-state index is 12.6. The molecule has 1 atom stereocenters. The largest absolute Gasteiger partial charge is 0.369 e. The molecular weight excluding hydrogens is 388 g/mol. The molecule has 7 heteroatoms.